The summed E-state index contributed by atoms with van der Waals surface area (Å²) < 4.78 is 84.8. The molecule has 2 atom stereocenters. The topological polar surface area (TPSA) is 130 Å². The van der Waals surface area contributed by atoms with Gasteiger partial charge in [0.15, 0.2) is 11.6 Å². The summed E-state index contributed by atoms with van der Waals surface area (Å²) in [6, 6.07) is 3.47. The Hall–Kier alpha value is -4.20. The Morgan fingerprint density at radius 2 is 2.06 bits per heavy atom. The molecule has 0 spiro atoms. The standard InChI is InChI=1S/C33H29ClF5N7O3S/c34-23-21(17-2-3-19(36)27-20(17)18(11-40)29(41)50-27)24(37)25-22-26(23)48-7-6-46(16-8-15(9-16)42-31(47)28(38)39)30(22)44-32(43-25)49-13-33-4-1-5-45(33)12-14(35)10-33/h2-3,14-16,28H,1,4-10,12-13,41H2,(H,42,47)/t14-,15?,16?,33+/m1/s1. The number of nitrogen functional groups attached to an aromatic ring is 1. The van der Waals surface area contributed by atoms with Crippen LogP contribution in [0.5, 0.6) is 11.8 Å². The quantitative estimate of drug-likeness (QED) is 0.221. The molecule has 1 saturated carbocycles. The average molecular weight is 734 g/mol. The number of carbonyl (C=O) groups excluding carboxylic acids is 1. The van der Waals surface area contributed by atoms with Crippen LogP contribution in [0, 0.1) is 23.0 Å². The third kappa shape index (κ3) is 5.15. The summed E-state index contributed by atoms with van der Waals surface area (Å²) in [6.45, 7) is 1.38. The van der Waals surface area contributed by atoms with Gasteiger partial charge < -0.3 is 25.4 Å². The van der Waals surface area contributed by atoms with Gasteiger partial charge in [-0.25, -0.2) is 13.2 Å². The smallest absolute Gasteiger partial charge is 0.319 e. The van der Waals surface area contributed by atoms with Gasteiger partial charge in [0.05, 0.1) is 32.8 Å². The summed E-state index contributed by atoms with van der Waals surface area (Å²) in [6.07, 6.45) is -1.66. The third-order valence-corrected chi connectivity index (χ3v) is 11.7. The number of alkyl halides is 3. The largest absolute Gasteiger partial charge is 0.489 e. The van der Waals surface area contributed by atoms with E-state index in [-0.39, 0.29) is 97.5 Å². The minimum atomic E-state index is -3.15. The van der Waals surface area contributed by atoms with E-state index in [4.69, 9.17) is 31.8 Å². The number of amides is 1. The first kappa shape index (κ1) is 33.0. The van der Waals surface area contributed by atoms with Crippen LogP contribution in [0.2, 0.25) is 5.02 Å². The van der Waals surface area contributed by atoms with Crippen LogP contribution < -0.4 is 25.4 Å². The lowest BCUT2D eigenvalue weighted by molar-refractivity contribution is -0.133. The highest BCUT2D eigenvalue weighted by Crippen LogP contribution is 2.51. The maximum absolute atomic E-state index is 17.1. The number of halogens is 6. The average Bonchev–Trinajstić information content (AvgIpc) is 3.66. The Morgan fingerprint density at radius 3 is 2.82 bits per heavy atom. The number of nitrogens with zero attached hydrogens (tertiary/aromatic N) is 5. The monoisotopic (exact) mass is 733 g/mol. The van der Waals surface area contributed by atoms with E-state index in [9.17, 15) is 27.6 Å². The number of aromatic nitrogens is 2. The van der Waals surface area contributed by atoms with E-state index in [0.29, 0.717) is 25.8 Å². The number of benzene rings is 2. The van der Waals surface area contributed by atoms with Crippen LogP contribution in [0.1, 0.15) is 37.7 Å². The third-order valence-electron chi connectivity index (χ3n) is 10.3. The molecule has 4 aromatic rings. The lowest BCUT2D eigenvalue weighted by Crippen LogP contribution is -2.55. The number of ether oxygens (including phenoxy) is 2. The maximum Gasteiger partial charge on any atom is 0.319 e. The van der Waals surface area contributed by atoms with E-state index in [2.05, 4.69) is 15.2 Å². The lowest BCUT2D eigenvalue weighted by atomic mass is 9.85. The van der Waals surface area contributed by atoms with Gasteiger partial charge in [0.1, 0.15) is 47.6 Å². The number of thiophene rings is 1. The number of anilines is 2. The van der Waals surface area contributed by atoms with Crippen LogP contribution in [0.3, 0.4) is 0 Å². The van der Waals surface area contributed by atoms with Crippen molar-refractivity contribution in [2.45, 2.75) is 62.3 Å². The Balaban J connectivity index is 1.27. The van der Waals surface area contributed by atoms with Crippen LogP contribution >= 0.6 is 22.9 Å². The fourth-order valence-corrected chi connectivity index (χ4v) is 9.25. The zero-order chi connectivity index (χ0) is 35.1. The first-order chi connectivity index (χ1) is 24.0. The molecule has 0 bridgehead atoms. The van der Waals surface area contributed by atoms with Crippen molar-refractivity contribution < 1.29 is 36.2 Å². The van der Waals surface area contributed by atoms with Crippen molar-refractivity contribution >= 4 is 60.7 Å². The van der Waals surface area contributed by atoms with Crippen LogP contribution in [-0.4, -0.2) is 83.8 Å². The van der Waals surface area contributed by atoms with Gasteiger partial charge in [-0.2, -0.15) is 24.0 Å². The van der Waals surface area contributed by atoms with E-state index in [0.717, 1.165) is 30.4 Å². The van der Waals surface area contributed by atoms with Gasteiger partial charge in [-0.3, -0.25) is 9.69 Å². The highest BCUT2D eigenvalue weighted by atomic mass is 35.5. The fourth-order valence-electron chi connectivity index (χ4n) is 7.97. The SMILES string of the molecule is N#Cc1c(N)sc2c(F)ccc(-c3c(Cl)c4c5c(nc(OC[C@@]67CCCN6C[C@H](F)C7)nc5c3F)N(C3CC(NC(=O)C(F)F)C3)CCO4)c12. The molecule has 3 aliphatic heterocycles. The maximum atomic E-state index is 17.1. The molecule has 3 fully saturated rings. The molecule has 1 amide bonds. The van der Waals surface area contributed by atoms with E-state index in [1.54, 1.807) is 0 Å². The predicted molar refractivity (Wildman–Crippen MR) is 177 cm³/mol. The van der Waals surface area contributed by atoms with E-state index >= 15 is 4.39 Å². The van der Waals surface area contributed by atoms with E-state index in [1.807, 2.05) is 11.0 Å². The van der Waals surface area contributed by atoms with Gasteiger partial charge in [0.25, 0.3) is 5.91 Å². The van der Waals surface area contributed by atoms with E-state index in [1.165, 1.54) is 6.07 Å². The van der Waals surface area contributed by atoms with Crippen molar-refractivity contribution in [2.24, 2.45) is 0 Å². The van der Waals surface area contributed by atoms with Crippen molar-refractivity contribution in [1.29, 1.82) is 5.26 Å². The van der Waals surface area contributed by atoms with Crippen LogP contribution in [0.15, 0.2) is 12.1 Å². The molecule has 4 aliphatic rings. The number of rotatable bonds is 7. The Bertz CT molecular complexity index is 2110. The predicted octanol–water partition coefficient (Wildman–Crippen LogP) is 5.96. The number of hydrogen-bond donors (Lipinski definition) is 2. The zero-order valence-electron chi connectivity index (χ0n) is 26.2. The van der Waals surface area contributed by atoms with Gasteiger partial charge in [-0.05, 0) is 43.9 Å². The highest BCUT2D eigenvalue weighted by molar-refractivity contribution is 7.23. The first-order valence-electron chi connectivity index (χ1n) is 16.1. The molecule has 0 unspecified atom stereocenters. The number of nitrogens with one attached hydrogen (secondary N) is 1. The van der Waals surface area contributed by atoms with Gasteiger partial charge >= 0.3 is 12.4 Å². The molecular formula is C33H29ClF5N7O3S. The molecule has 5 heterocycles. The second-order valence-corrected chi connectivity index (χ2v) is 14.6. The number of hydrogen-bond acceptors (Lipinski definition) is 10. The minimum absolute atomic E-state index is 0.0259. The van der Waals surface area contributed by atoms with Crippen molar-refractivity contribution in [3.8, 4) is 29.0 Å². The molecule has 10 nitrogen and oxygen atoms in total. The molecule has 50 heavy (non-hydrogen) atoms. The summed E-state index contributed by atoms with van der Waals surface area (Å²) in [5, 5.41) is 12.4. The summed E-state index contributed by atoms with van der Waals surface area (Å²) in [7, 11) is 0. The van der Waals surface area contributed by atoms with E-state index < -0.39 is 41.7 Å². The molecule has 3 N–H and O–H groups in total. The Morgan fingerprint density at radius 1 is 1.26 bits per heavy atom. The minimum Gasteiger partial charge on any atom is -0.489 e. The van der Waals surface area contributed by atoms with Crippen molar-refractivity contribution in [2.75, 3.05) is 43.5 Å². The van der Waals surface area contributed by atoms with Crippen molar-refractivity contribution in [3.05, 3.63) is 34.4 Å². The normalized spacial score (nSPS) is 24.6. The first-order valence-corrected chi connectivity index (χ1v) is 17.3. The summed E-state index contributed by atoms with van der Waals surface area (Å²) in [5.74, 6) is -2.62. The van der Waals surface area contributed by atoms with Gasteiger partial charge in [0, 0.05) is 36.0 Å². The fraction of sp³-hybridized carbons (Fsp3) is 0.455. The molecule has 17 heteroatoms. The number of nitriles is 1. The second-order valence-electron chi connectivity index (χ2n) is 13.2. The van der Waals surface area contributed by atoms with Crippen molar-refractivity contribution in [3.63, 3.8) is 0 Å². The van der Waals surface area contributed by atoms with Crippen LogP contribution in [0.25, 0.3) is 32.1 Å². The summed E-state index contributed by atoms with van der Waals surface area (Å²) in [4.78, 5) is 24.8. The molecule has 0 radical (unpaired) electrons. The van der Waals surface area contributed by atoms with Crippen LogP contribution in [0.4, 0.5) is 32.8 Å². The number of carbonyl (C=O) groups is 1. The molecule has 8 rings (SSSR count). The van der Waals surface area contributed by atoms with Gasteiger partial charge in [-0.15, -0.1) is 11.3 Å². The lowest BCUT2D eigenvalue weighted by Gasteiger charge is -2.43. The zero-order valence-corrected chi connectivity index (χ0v) is 27.8. The molecule has 1 aliphatic carbocycles. The molecular weight excluding hydrogens is 705 g/mol. The summed E-state index contributed by atoms with van der Waals surface area (Å²) in [5.41, 5.74) is 5.18. The Kier molecular flexibility index (Phi) is 8.07. The molecule has 2 aromatic carbocycles. The van der Waals surface area contributed by atoms with Crippen LogP contribution in [-0.2, 0) is 4.79 Å². The van der Waals surface area contributed by atoms with Crippen molar-refractivity contribution in [1.82, 2.24) is 20.2 Å². The molecule has 2 aromatic heterocycles. The number of fused-ring (bicyclic) bond motifs is 2. The van der Waals surface area contributed by atoms with Gasteiger partial charge in [-0.1, -0.05) is 17.7 Å². The summed E-state index contributed by atoms with van der Waals surface area (Å²) >= 11 is 7.82. The second kappa shape index (κ2) is 12.2. The Labute approximate surface area is 290 Å². The molecule has 2 saturated heterocycles. The number of nitrogens with two attached hydrogens (primary N) is 1. The van der Waals surface area contributed by atoms with Gasteiger partial charge in [0.2, 0.25) is 0 Å². The highest BCUT2D eigenvalue weighted by Gasteiger charge is 2.49. The molecule has 262 valence electrons.